The highest BCUT2D eigenvalue weighted by Gasteiger charge is 2.05. The number of hydrogen-bond donors (Lipinski definition) is 3. The summed E-state index contributed by atoms with van der Waals surface area (Å²) in [6.07, 6.45) is 0.672. The summed E-state index contributed by atoms with van der Waals surface area (Å²) in [7, 11) is 0. The van der Waals surface area contributed by atoms with Crippen LogP contribution in [0, 0.1) is 0 Å². The fourth-order valence-electron chi connectivity index (χ4n) is 2.08. The SMILES string of the molecule is NCc1ccc(C(=O)NCCCNC(=O)c2ccccc2)cc1. The van der Waals surface area contributed by atoms with Crippen LogP contribution >= 0.6 is 0 Å². The van der Waals surface area contributed by atoms with Crippen molar-refractivity contribution < 1.29 is 9.59 Å². The monoisotopic (exact) mass is 311 g/mol. The van der Waals surface area contributed by atoms with Gasteiger partial charge in [0.1, 0.15) is 0 Å². The van der Waals surface area contributed by atoms with Gasteiger partial charge in [0.25, 0.3) is 11.8 Å². The summed E-state index contributed by atoms with van der Waals surface area (Å²) in [6.45, 7) is 1.48. The average molecular weight is 311 g/mol. The van der Waals surface area contributed by atoms with Crippen molar-refractivity contribution in [2.24, 2.45) is 5.73 Å². The topological polar surface area (TPSA) is 84.2 Å². The Balaban J connectivity index is 1.67. The Morgan fingerprint density at radius 2 is 1.30 bits per heavy atom. The van der Waals surface area contributed by atoms with E-state index in [-0.39, 0.29) is 11.8 Å². The molecule has 0 aromatic heterocycles. The first kappa shape index (κ1) is 16.7. The average Bonchev–Trinajstić information content (AvgIpc) is 2.62. The Labute approximate surface area is 135 Å². The summed E-state index contributed by atoms with van der Waals surface area (Å²) in [4.78, 5) is 23.7. The van der Waals surface area contributed by atoms with Gasteiger partial charge in [0.15, 0.2) is 0 Å². The second-order valence-electron chi connectivity index (χ2n) is 5.13. The van der Waals surface area contributed by atoms with Crippen LogP contribution in [0.5, 0.6) is 0 Å². The zero-order valence-electron chi connectivity index (χ0n) is 12.9. The lowest BCUT2D eigenvalue weighted by atomic mass is 10.1. The van der Waals surface area contributed by atoms with Gasteiger partial charge in [-0.3, -0.25) is 9.59 Å². The Morgan fingerprint density at radius 1 is 0.783 bits per heavy atom. The molecule has 23 heavy (non-hydrogen) atoms. The second kappa shape index (κ2) is 8.70. The van der Waals surface area contributed by atoms with Gasteiger partial charge >= 0.3 is 0 Å². The van der Waals surface area contributed by atoms with Gasteiger partial charge in [0.05, 0.1) is 0 Å². The van der Waals surface area contributed by atoms with E-state index in [9.17, 15) is 9.59 Å². The summed E-state index contributed by atoms with van der Waals surface area (Å²) in [5, 5.41) is 5.65. The number of carbonyl (C=O) groups is 2. The molecular formula is C18H21N3O2. The highest BCUT2D eigenvalue weighted by atomic mass is 16.2. The first-order valence-corrected chi connectivity index (χ1v) is 7.61. The first-order chi connectivity index (χ1) is 11.2. The van der Waals surface area contributed by atoms with Crippen molar-refractivity contribution in [1.29, 1.82) is 0 Å². The minimum absolute atomic E-state index is 0.103. The number of carbonyl (C=O) groups excluding carboxylic acids is 2. The number of hydrogen-bond acceptors (Lipinski definition) is 3. The molecule has 2 rings (SSSR count). The molecule has 0 unspecified atom stereocenters. The van der Waals surface area contributed by atoms with E-state index < -0.39 is 0 Å². The third-order valence-corrected chi connectivity index (χ3v) is 3.41. The quantitative estimate of drug-likeness (QED) is 0.680. The van der Waals surface area contributed by atoms with Crippen LogP contribution in [-0.4, -0.2) is 24.9 Å². The van der Waals surface area contributed by atoms with Crippen molar-refractivity contribution >= 4 is 11.8 Å². The molecule has 0 spiro atoms. The number of amides is 2. The van der Waals surface area contributed by atoms with Gasteiger partial charge in [-0.05, 0) is 36.2 Å². The fraction of sp³-hybridized carbons (Fsp3) is 0.222. The summed E-state index contributed by atoms with van der Waals surface area (Å²) in [5.74, 6) is -0.225. The highest BCUT2D eigenvalue weighted by molar-refractivity contribution is 5.94. The molecule has 2 aromatic carbocycles. The molecule has 5 nitrogen and oxygen atoms in total. The summed E-state index contributed by atoms with van der Waals surface area (Å²) in [6, 6.07) is 16.3. The maximum absolute atomic E-state index is 11.9. The van der Waals surface area contributed by atoms with Crippen molar-refractivity contribution in [1.82, 2.24) is 10.6 Å². The zero-order chi connectivity index (χ0) is 16.5. The fourth-order valence-corrected chi connectivity index (χ4v) is 2.08. The number of nitrogens with one attached hydrogen (secondary N) is 2. The largest absolute Gasteiger partial charge is 0.352 e. The van der Waals surface area contributed by atoms with Gasteiger partial charge in [-0.15, -0.1) is 0 Å². The van der Waals surface area contributed by atoms with Gasteiger partial charge < -0.3 is 16.4 Å². The first-order valence-electron chi connectivity index (χ1n) is 7.61. The normalized spacial score (nSPS) is 10.1. The van der Waals surface area contributed by atoms with E-state index in [1.54, 1.807) is 24.3 Å². The molecular weight excluding hydrogens is 290 g/mol. The van der Waals surface area contributed by atoms with Crippen LogP contribution in [0.3, 0.4) is 0 Å². The highest BCUT2D eigenvalue weighted by Crippen LogP contribution is 2.03. The standard InChI is InChI=1S/C18H21N3O2/c19-13-14-7-9-16(10-8-14)18(23)21-12-4-11-20-17(22)15-5-2-1-3-6-15/h1-3,5-10H,4,11-13,19H2,(H,20,22)(H,21,23). The Morgan fingerprint density at radius 3 is 1.83 bits per heavy atom. The molecule has 2 amide bonds. The predicted octanol–water partition coefficient (Wildman–Crippen LogP) is 1.70. The van der Waals surface area contributed by atoms with E-state index in [4.69, 9.17) is 5.73 Å². The molecule has 4 N–H and O–H groups in total. The van der Waals surface area contributed by atoms with Crippen molar-refractivity contribution in [3.8, 4) is 0 Å². The van der Waals surface area contributed by atoms with E-state index in [2.05, 4.69) is 10.6 Å². The maximum Gasteiger partial charge on any atom is 0.251 e. The number of nitrogens with two attached hydrogens (primary N) is 1. The van der Waals surface area contributed by atoms with Crippen LogP contribution in [0.25, 0.3) is 0 Å². The van der Waals surface area contributed by atoms with E-state index >= 15 is 0 Å². The number of rotatable bonds is 7. The third-order valence-electron chi connectivity index (χ3n) is 3.41. The summed E-state index contributed by atoms with van der Waals surface area (Å²) in [5.41, 5.74) is 7.75. The maximum atomic E-state index is 11.9. The van der Waals surface area contributed by atoms with Gasteiger partial charge in [0.2, 0.25) is 0 Å². The molecule has 120 valence electrons. The molecule has 0 saturated carbocycles. The molecule has 0 aliphatic heterocycles. The molecule has 0 aliphatic rings. The van der Waals surface area contributed by atoms with Crippen LogP contribution in [0.2, 0.25) is 0 Å². The molecule has 0 fully saturated rings. The molecule has 0 saturated heterocycles. The van der Waals surface area contributed by atoms with Crippen LogP contribution < -0.4 is 16.4 Å². The molecule has 0 aliphatic carbocycles. The van der Waals surface area contributed by atoms with Gasteiger partial charge in [-0.1, -0.05) is 30.3 Å². The van der Waals surface area contributed by atoms with Crippen molar-refractivity contribution in [2.45, 2.75) is 13.0 Å². The molecule has 0 heterocycles. The van der Waals surface area contributed by atoms with Crippen LogP contribution in [0.1, 0.15) is 32.7 Å². The molecule has 0 radical (unpaired) electrons. The lowest BCUT2D eigenvalue weighted by molar-refractivity contribution is 0.0952. The van der Waals surface area contributed by atoms with E-state index in [0.29, 0.717) is 37.2 Å². The third kappa shape index (κ3) is 5.23. The Bertz CT molecular complexity index is 639. The van der Waals surface area contributed by atoms with Crippen LogP contribution in [-0.2, 0) is 6.54 Å². The molecule has 2 aromatic rings. The molecule has 5 heteroatoms. The van der Waals surface area contributed by atoms with E-state index in [0.717, 1.165) is 5.56 Å². The van der Waals surface area contributed by atoms with Gasteiger partial charge in [-0.2, -0.15) is 0 Å². The van der Waals surface area contributed by atoms with E-state index in [1.165, 1.54) is 0 Å². The second-order valence-corrected chi connectivity index (χ2v) is 5.13. The summed E-state index contributed by atoms with van der Waals surface area (Å²) >= 11 is 0. The molecule has 0 atom stereocenters. The smallest absolute Gasteiger partial charge is 0.251 e. The lowest BCUT2D eigenvalue weighted by Gasteiger charge is -2.07. The zero-order valence-corrected chi connectivity index (χ0v) is 12.9. The van der Waals surface area contributed by atoms with Crippen molar-refractivity contribution in [3.63, 3.8) is 0 Å². The molecule has 0 bridgehead atoms. The van der Waals surface area contributed by atoms with Crippen molar-refractivity contribution in [3.05, 3.63) is 71.3 Å². The Hall–Kier alpha value is -2.66. The number of benzene rings is 2. The minimum Gasteiger partial charge on any atom is -0.352 e. The van der Waals surface area contributed by atoms with Gasteiger partial charge in [-0.25, -0.2) is 0 Å². The van der Waals surface area contributed by atoms with Crippen LogP contribution in [0.15, 0.2) is 54.6 Å². The Kier molecular flexibility index (Phi) is 6.32. The van der Waals surface area contributed by atoms with Crippen LogP contribution in [0.4, 0.5) is 0 Å². The summed E-state index contributed by atoms with van der Waals surface area (Å²) < 4.78 is 0. The van der Waals surface area contributed by atoms with Gasteiger partial charge in [0, 0.05) is 30.8 Å². The minimum atomic E-state index is -0.122. The lowest BCUT2D eigenvalue weighted by Crippen LogP contribution is -2.29. The predicted molar refractivity (Wildman–Crippen MR) is 90.1 cm³/mol. The van der Waals surface area contributed by atoms with Crippen molar-refractivity contribution in [2.75, 3.05) is 13.1 Å². The van der Waals surface area contributed by atoms with E-state index in [1.807, 2.05) is 30.3 Å².